The summed E-state index contributed by atoms with van der Waals surface area (Å²) in [4.78, 5) is 12.1. The van der Waals surface area contributed by atoms with E-state index < -0.39 is 0 Å². The fourth-order valence-electron chi connectivity index (χ4n) is 2.26. The van der Waals surface area contributed by atoms with Crippen LogP contribution < -0.4 is 9.47 Å². The number of ketones is 1. The Hall–Kier alpha value is -2.29. The summed E-state index contributed by atoms with van der Waals surface area (Å²) in [6.45, 7) is 5.20. The maximum absolute atomic E-state index is 12.1. The van der Waals surface area contributed by atoms with Crippen LogP contribution in [0.4, 0.5) is 0 Å². The first-order valence-electron chi connectivity index (χ1n) is 7.66. The summed E-state index contributed by atoms with van der Waals surface area (Å²) in [6.07, 6.45) is 0.888. The molecule has 0 unspecified atom stereocenters. The van der Waals surface area contributed by atoms with Gasteiger partial charge in [0.2, 0.25) is 0 Å². The molecular formula is C19H22O3. The van der Waals surface area contributed by atoms with Crippen molar-refractivity contribution in [3.05, 3.63) is 59.7 Å². The molecule has 0 aromatic heterocycles. The Morgan fingerprint density at radius 2 is 1.09 bits per heavy atom. The minimum atomic E-state index is 0.202. The van der Waals surface area contributed by atoms with Crippen molar-refractivity contribution in [3.8, 4) is 11.5 Å². The van der Waals surface area contributed by atoms with Crippen LogP contribution in [0.2, 0.25) is 0 Å². The van der Waals surface area contributed by atoms with Gasteiger partial charge in [-0.15, -0.1) is 0 Å². The largest absolute Gasteiger partial charge is 0.494 e. The van der Waals surface area contributed by atoms with E-state index in [1.807, 2.05) is 62.4 Å². The fourth-order valence-corrected chi connectivity index (χ4v) is 2.26. The Labute approximate surface area is 131 Å². The highest BCUT2D eigenvalue weighted by Gasteiger charge is 2.06. The van der Waals surface area contributed by atoms with Gasteiger partial charge in [0.15, 0.2) is 0 Å². The summed E-state index contributed by atoms with van der Waals surface area (Å²) >= 11 is 0. The van der Waals surface area contributed by atoms with Crippen molar-refractivity contribution in [1.82, 2.24) is 0 Å². The van der Waals surface area contributed by atoms with Crippen molar-refractivity contribution in [2.24, 2.45) is 0 Å². The first-order chi connectivity index (χ1) is 10.7. The number of rotatable bonds is 8. The van der Waals surface area contributed by atoms with Gasteiger partial charge in [0.25, 0.3) is 0 Å². The third-order valence-corrected chi connectivity index (χ3v) is 3.27. The first kappa shape index (κ1) is 16.1. The molecule has 0 heterocycles. The van der Waals surface area contributed by atoms with E-state index in [1.54, 1.807) is 0 Å². The maximum Gasteiger partial charge on any atom is 0.141 e. The molecule has 0 saturated carbocycles. The van der Waals surface area contributed by atoms with E-state index in [9.17, 15) is 4.79 Å². The molecule has 0 amide bonds. The fraction of sp³-hybridized carbons (Fsp3) is 0.316. The van der Waals surface area contributed by atoms with E-state index in [4.69, 9.17) is 9.47 Å². The highest BCUT2D eigenvalue weighted by molar-refractivity contribution is 5.83. The summed E-state index contributed by atoms with van der Waals surface area (Å²) in [6, 6.07) is 15.4. The van der Waals surface area contributed by atoms with E-state index in [-0.39, 0.29) is 5.78 Å². The maximum atomic E-state index is 12.1. The molecule has 0 N–H and O–H groups in total. The number of Topliss-reactive ketones (excluding diaryl/α,β-unsaturated/α-hetero) is 1. The Balaban J connectivity index is 1.89. The highest BCUT2D eigenvalue weighted by atomic mass is 16.5. The Morgan fingerprint density at radius 3 is 1.41 bits per heavy atom. The molecule has 0 bridgehead atoms. The summed E-state index contributed by atoms with van der Waals surface area (Å²) < 4.78 is 10.8. The van der Waals surface area contributed by atoms with Gasteiger partial charge in [-0.2, -0.15) is 0 Å². The van der Waals surface area contributed by atoms with Crippen LogP contribution in [0.1, 0.15) is 25.0 Å². The molecule has 116 valence electrons. The second-order valence-electron chi connectivity index (χ2n) is 5.05. The SMILES string of the molecule is CCOc1ccc(CC(=O)Cc2ccc(OCC)cc2)cc1. The molecule has 3 heteroatoms. The zero-order chi connectivity index (χ0) is 15.8. The lowest BCUT2D eigenvalue weighted by atomic mass is 10.0. The van der Waals surface area contributed by atoms with Crippen molar-refractivity contribution < 1.29 is 14.3 Å². The van der Waals surface area contributed by atoms with Crippen LogP contribution in [0.15, 0.2) is 48.5 Å². The van der Waals surface area contributed by atoms with Crippen LogP contribution in [0, 0.1) is 0 Å². The van der Waals surface area contributed by atoms with Crippen molar-refractivity contribution in [1.29, 1.82) is 0 Å². The van der Waals surface area contributed by atoms with Gasteiger partial charge < -0.3 is 9.47 Å². The van der Waals surface area contributed by atoms with E-state index in [1.165, 1.54) is 0 Å². The quantitative estimate of drug-likeness (QED) is 0.743. The lowest BCUT2D eigenvalue weighted by Crippen LogP contribution is -2.06. The van der Waals surface area contributed by atoms with Gasteiger partial charge in [-0.05, 0) is 49.2 Å². The van der Waals surface area contributed by atoms with E-state index >= 15 is 0 Å². The van der Waals surface area contributed by atoms with Crippen LogP contribution in [0.5, 0.6) is 11.5 Å². The van der Waals surface area contributed by atoms with Crippen molar-refractivity contribution >= 4 is 5.78 Å². The second kappa shape index (κ2) is 8.23. The number of hydrogen-bond donors (Lipinski definition) is 0. The lowest BCUT2D eigenvalue weighted by molar-refractivity contribution is -0.117. The monoisotopic (exact) mass is 298 g/mol. The average molecular weight is 298 g/mol. The molecular weight excluding hydrogens is 276 g/mol. The topological polar surface area (TPSA) is 35.5 Å². The van der Waals surface area contributed by atoms with E-state index in [0.29, 0.717) is 26.1 Å². The summed E-state index contributed by atoms with van der Waals surface area (Å²) in [5.74, 6) is 1.88. The summed E-state index contributed by atoms with van der Waals surface area (Å²) in [5.41, 5.74) is 2.03. The molecule has 0 spiro atoms. The predicted octanol–water partition coefficient (Wildman–Crippen LogP) is 3.84. The minimum Gasteiger partial charge on any atom is -0.494 e. The highest BCUT2D eigenvalue weighted by Crippen LogP contribution is 2.15. The zero-order valence-electron chi connectivity index (χ0n) is 13.2. The Bertz CT molecular complexity index is 532. The first-order valence-corrected chi connectivity index (χ1v) is 7.66. The molecule has 0 atom stereocenters. The predicted molar refractivity (Wildman–Crippen MR) is 87.6 cm³/mol. The molecule has 0 saturated heterocycles. The van der Waals surface area contributed by atoms with Crippen LogP contribution in [-0.4, -0.2) is 19.0 Å². The van der Waals surface area contributed by atoms with Crippen LogP contribution in [0.3, 0.4) is 0 Å². The van der Waals surface area contributed by atoms with Gasteiger partial charge >= 0.3 is 0 Å². The van der Waals surface area contributed by atoms with E-state index in [2.05, 4.69) is 0 Å². The van der Waals surface area contributed by atoms with Crippen LogP contribution >= 0.6 is 0 Å². The van der Waals surface area contributed by atoms with Gasteiger partial charge in [0, 0.05) is 12.8 Å². The molecule has 2 aromatic carbocycles. The zero-order valence-corrected chi connectivity index (χ0v) is 13.2. The normalized spacial score (nSPS) is 10.3. The number of ether oxygens (including phenoxy) is 2. The van der Waals surface area contributed by atoms with Gasteiger partial charge in [-0.25, -0.2) is 0 Å². The molecule has 2 rings (SSSR count). The van der Waals surface area contributed by atoms with Crippen molar-refractivity contribution in [2.75, 3.05) is 13.2 Å². The van der Waals surface area contributed by atoms with Gasteiger partial charge in [0.05, 0.1) is 13.2 Å². The lowest BCUT2D eigenvalue weighted by Gasteiger charge is -2.06. The standard InChI is InChI=1S/C19H22O3/c1-3-21-18-9-5-15(6-10-18)13-17(20)14-16-7-11-19(12-8-16)22-4-2/h5-12H,3-4,13-14H2,1-2H3. The third kappa shape index (κ3) is 4.92. The van der Waals surface area contributed by atoms with Crippen molar-refractivity contribution in [2.45, 2.75) is 26.7 Å². The molecule has 0 fully saturated rings. The van der Waals surface area contributed by atoms with Crippen LogP contribution in [-0.2, 0) is 17.6 Å². The third-order valence-electron chi connectivity index (χ3n) is 3.27. The number of hydrogen-bond acceptors (Lipinski definition) is 3. The molecule has 0 aliphatic heterocycles. The second-order valence-corrected chi connectivity index (χ2v) is 5.05. The number of carbonyl (C=O) groups is 1. The molecule has 0 aliphatic carbocycles. The molecule has 0 aliphatic rings. The van der Waals surface area contributed by atoms with Crippen LogP contribution in [0.25, 0.3) is 0 Å². The molecule has 22 heavy (non-hydrogen) atoms. The van der Waals surface area contributed by atoms with Gasteiger partial charge in [-0.3, -0.25) is 4.79 Å². The Morgan fingerprint density at radius 1 is 0.727 bits per heavy atom. The summed E-state index contributed by atoms with van der Waals surface area (Å²) in [5, 5.41) is 0. The smallest absolute Gasteiger partial charge is 0.141 e. The Kier molecular flexibility index (Phi) is 6.01. The number of benzene rings is 2. The average Bonchev–Trinajstić information content (AvgIpc) is 2.52. The molecule has 2 aromatic rings. The summed E-state index contributed by atoms with van der Waals surface area (Å²) in [7, 11) is 0. The minimum absolute atomic E-state index is 0.202. The number of carbonyl (C=O) groups excluding carboxylic acids is 1. The van der Waals surface area contributed by atoms with Gasteiger partial charge in [0.1, 0.15) is 17.3 Å². The van der Waals surface area contributed by atoms with E-state index in [0.717, 1.165) is 22.6 Å². The molecule has 0 radical (unpaired) electrons. The van der Waals surface area contributed by atoms with Crippen molar-refractivity contribution in [3.63, 3.8) is 0 Å². The molecule has 3 nitrogen and oxygen atoms in total. The van der Waals surface area contributed by atoms with Gasteiger partial charge in [-0.1, -0.05) is 24.3 Å².